The Morgan fingerprint density at radius 1 is 0.949 bits per heavy atom. The molecule has 2 aliphatic rings. The lowest BCUT2D eigenvalue weighted by atomic mass is 9.82. The molecule has 1 saturated heterocycles. The summed E-state index contributed by atoms with van der Waals surface area (Å²) in [6, 6.07) is 14.4. The van der Waals surface area contributed by atoms with Gasteiger partial charge in [0.1, 0.15) is 18.2 Å². The van der Waals surface area contributed by atoms with Crippen molar-refractivity contribution in [3.63, 3.8) is 0 Å². The van der Waals surface area contributed by atoms with Crippen molar-refractivity contribution >= 4 is 5.82 Å². The van der Waals surface area contributed by atoms with Gasteiger partial charge in [-0.3, -0.25) is 4.90 Å². The summed E-state index contributed by atoms with van der Waals surface area (Å²) < 4.78 is 11.7. The molecular formula is C31H42N6O2. The van der Waals surface area contributed by atoms with Crippen molar-refractivity contribution in [1.29, 1.82) is 0 Å². The molecule has 0 N–H and O–H groups in total. The first-order chi connectivity index (χ1) is 18.8. The highest BCUT2D eigenvalue weighted by Crippen LogP contribution is 2.37. The van der Waals surface area contributed by atoms with Crippen molar-refractivity contribution in [1.82, 2.24) is 24.8 Å². The van der Waals surface area contributed by atoms with E-state index < -0.39 is 0 Å². The molecular weight excluding hydrogens is 488 g/mol. The van der Waals surface area contributed by atoms with Crippen molar-refractivity contribution in [2.75, 3.05) is 44.2 Å². The Balaban J connectivity index is 1.09. The minimum Gasteiger partial charge on any atom is -0.473 e. The van der Waals surface area contributed by atoms with E-state index in [0.29, 0.717) is 36.9 Å². The third-order valence-corrected chi connectivity index (χ3v) is 7.53. The molecule has 5 rings (SSSR count). The first-order valence-electron chi connectivity index (χ1n) is 14.3. The van der Waals surface area contributed by atoms with Gasteiger partial charge < -0.3 is 14.4 Å². The van der Waals surface area contributed by atoms with Crippen LogP contribution >= 0.6 is 0 Å². The van der Waals surface area contributed by atoms with Crippen molar-refractivity contribution in [3.8, 4) is 11.9 Å². The Kier molecular flexibility index (Phi) is 8.60. The van der Waals surface area contributed by atoms with Gasteiger partial charge >= 0.3 is 6.01 Å². The van der Waals surface area contributed by atoms with Crippen LogP contribution in [-0.4, -0.2) is 64.2 Å². The molecule has 1 aliphatic heterocycles. The van der Waals surface area contributed by atoms with Crippen LogP contribution in [-0.2, 0) is 12.0 Å². The monoisotopic (exact) mass is 530 g/mol. The van der Waals surface area contributed by atoms with Crippen LogP contribution < -0.4 is 14.4 Å². The molecule has 208 valence electrons. The number of nitrogens with zero attached hydrogens (tertiary/aromatic N) is 6. The molecule has 0 spiro atoms. The zero-order valence-electron chi connectivity index (χ0n) is 23.8. The van der Waals surface area contributed by atoms with Gasteiger partial charge in [0.2, 0.25) is 5.88 Å². The number of anilines is 1. The van der Waals surface area contributed by atoms with Crippen LogP contribution in [0.2, 0.25) is 0 Å². The standard InChI is InChI=1S/C31H42N6O2/c1-23(21-39-30-32-14-13-28(35-30)38-22-24-9-6-5-7-10-24)20-36-15-17-37(18-16-36)27-19-26(25-11-8-12-25)33-29(34-27)31(2,3)4/h5-7,9-10,13-14,19,23,25H,8,11-12,15-18,20-22H2,1-4H3/t23-/m1/s1. The molecule has 1 aliphatic carbocycles. The Morgan fingerprint density at radius 2 is 1.72 bits per heavy atom. The van der Waals surface area contributed by atoms with E-state index in [1.807, 2.05) is 30.3 Å². The molecule has 3 aromatic rings. The fourth-order valence-electron chi connectivity index (χ4n) is 4.94. The molecule has 1 saturated carbocycles. The Morgan fingerprint density at radius 3 is 2.41 bits per heavy atom. The van der Waals surface area contributed by atoms with Gasteiger partial charge in [0.15, 0.2) is 0 Å². The first-order valence-corrected chi connectivity index (χ1v) is 14.3. The summed E-state index contributed by atoms with van der Waals surface area (Å²) in [7, 11) is 0. The van der Waals surface area contributed by atoms with Crippen LogP contribution in [0.4, 0.5) is 5.82 Å². The maximum absolute atomic E-state index is 5.93. The minimum atomic E-state index is -0.0526. The molecule has 39 heavy (non-hydrogen) atoms. The fraction of sp³-hybridized carbons (Fsp3) is 0.548. The van der Waals surface area contributed by atoms with Crippen LogP contribution in [0, 0.1) is 5.92 Å². The lowest BCUT2D eigenvalue weighted by molar-refractivity contribution is 0.170. The van der Waals surface area contributed by atoms with E-state index >= 15 is 0 Å². The van der Waals surface area contributed by atoms with Crippen LogP contribution in [0.3, 0.4) is 0 Å². The fourth-order valence-corrected chi connectivity index (χ4v) is 4.94. The highest BCUT2D eigenvalue weighted by molar-refractivity contribution is 5.42. The number of aromatic nitrogens is 4. The third kappa shape index (κ3) is 7.44. The average molecular weight is 531 g/mol. The van der Waals surface area contributed by atoms with Gasteiger partial charge in [0, 0.05) is 74.0 Å². The Labute approximate surface area is 232 Å². The number of rotatable bonds is 10. The van der Waals surface area contributed by atoms with Crippen LogP contribution in [0.1, 0.15) is 70.0 Å². The maximum atomic E-state index is 5.93. The number of ether oxygens (including phenoxy) is 2. The second-order valence-corrected chi connectivity index (χ2v) is 12.0. The van der Waals surface area contributed by atoms with E-state index in [9.17, 15) is 0 Å². The van der Waals surface area contributed by atoms with Gasteiger partial charge in [-0.2, -0.15) is 4.98 Å². The van der Waals surface area contributed by atoms with Crippen molar-refractivity contribution in [3.05, 3.63) is 65.7 Å². The normalized spacial score (nSPS) is 17.5. The van der Waals surface area contributed by atoms with E-state index in [1.165, 1.54) is 25.0 Å². The maximum Gasteiger partial charge on any atom is 0.319 e. The van der Waals surface area contributed by atoms with E-state index in [0.717, 1.165) is 49.9 Å². The summed E-state index contributed by atoms with van der Waals surface area (Å²) >= 11 is 0. The quantitative estimate of drug-likeness (QED) is 0.352. The van der Waals surface area contributed by atoms with Crippen molar-refractivity contribution in [2.24, 2.45) is 5.92 Å². The zero-order chi connectivity index (χ0) is 27.2. The zero-order valence-corrected chi connectivity index (χ0v) is 23.8. The van der Waals surface area contributed by atoms with Crippen molar-refractivity contribution < 1.29 is 9.47 Å². The van der Waals surface area contributed by atoms with E-state index in [4.69, 9.17) is 19.4 Å². The minimum absolute atomic E-state index is 0.0526. The van der Waals surface area contributed by atoms with Crippen LogP contribution in [0.5, 0.6) is 11.9 Å². The molecule has 0 bridgehead atoms. The van der Waals surface area contributed by atoms with E-state index in [1.54, 1.807) is 12.3 Å². The van der Waals surface area contributed by atoms with Crippen molar-refractivity contribution in [2.45, 2.75) is 64.9 Å². The lowest BCUT2D eigenvalue weighted by Gasteiger charge is -2.37. The van der Waals surface area contributed by atoms with Crippen LogP contribution in [0.15, 0.2) is 48.7 Å². The Hall–Kier alpha value is -3.26. The smallest absolute Gasteiger partial charge is 0.319 e. The summed E-state index contributed by atoms with van der Waals surface area (Å²) in [5.41, 5.74) is 2.28. The molecule has 0 radical (unpaired) electrons. The van der Waals surface area contributed by atoms with E-state index in [2.05, 4.69) is 53.5 Å². The van der Waals surface area contributed by atoms with Crippen LogP contribution in [0.25, 0.3) is 0 Å². The third-order valence-electron chi connectivity index (χ3n) is 7.53. The van der Waals surface area contributed by atoms with E-state index in [-0.39, 0.29) is 5.41 Å². The van der Waals surface area contributed by atoms with Gasteiger partial charge in [0.25, 0.3) is 0 Å². The lowest BCUT2D eigenvalue weighted by Crippen LogP contribution is -2.48. The molecule has 1 aromatic carbocycles. The number of hydrogen-bond donors (Lipinski definition) is 0. The predicted molar refractivity (Wildman–Crippen MR) is 153 cm³/mol. The molecule has 1 atom stereocenters. The van der Waals surface area contributed by atoms with Gasteiger partial charge in [-0.1, -0.05) is 64.4 Å². The molecule has 0 amide bonds. The second-order valence-electron chi connectivity index (χ2n) is 12.0. The molecule has 8 heteroatoms. The summed E-state index contributed by atoms with van der Waals surface area (Å²) in [6.07, 6.45) is 5.50. The first kappa shape index (κ1) is 27.3. The molecule has 8 nitrogen and oxygen atoms in total. The van der Waals surface area contributed by atoms with Gasteiger partial charge in [-0.05, 0) is 18.4 Å². The summed E-state index contributed by atoms with van der Waals surface area (Å²) in [6.45, 7) is 14.8. The van der Waals surface area contributed by atoms with Gasteiger partial charge in [0.05, 0.1) is 6.61 Å². The average Bonchev–Trinajstić information content (AvgIpc) is 2.90. The summed E-state index contributed by atoms with van der Waals surface area (Å²) in [4.78, 5) is 23.6. The number of benzene rings is 1. The highest BCUT2D eigenvalue weighted by atomic mass is 16.5. The van der Waals surface area contributed by atoms with Gasteiger partial charge in [-0.15, -0.1) is 0 Å². The summed E-state index contributed by atoms with van der Waals surface area (Å²) in [5.74, 6) is 3.54. The molecule has 2 aromatic heterocycles. The topological polar surface area (TPSA) is 76.5 Å². The Bertz CT molecular complexity index is 1200. The predicted octanol–water partition coefficient (Wildman–Crippen LogP) is 5.25. The molecule has 3 heterocycles. The second kappa shape index (κ2) is 12.3. The SMILES string of the molecule is C[C@@H](COc1nccc(OCc2ccccc2)n1)CN1CCN(c2cc(C3CCC3)nc(C(C)(C)C)n2)CC1. The molecule has 0 unspecified atom stereocenters. The highest BCUT2D eigenvalue weighted by Gasteiger charge is 2.28. The summed E-state index contributed by atoms with van der Waals surface area (Å²) in [5, 5.41) is 0. The number of piperazine rings is 1. The largest absolute Gasteiger partial charge is 0.473 e. The number of hydrogen-bond acceptors (Lipinski definition) is 8. The van der Waals surface area contributed by atoms with Gasteiger partial charge in [-0.25, -0.2) is 15.0 Å². The molecule has 2 fully saturated rings.